The second-order valence-electron chi connectivity index (χ2n) is 4.23. The number of fused-ring (bicyclic) bond motifs is 1. The average molecular weight is 239 g/mol. The number of phenolic OH excluding ortho intramolecular Hbond substituents is 1. The third-order valence-corrected chi connectivity index (χ3v) is 2.93. The van der Waals surface area contributed by atoms with Gasteiger partial charge in [0.1, 0.15) is 5.75 Å². The molecule has 0 atom stereocenters. The van der Waals surface area contributed by atoms with E-state index in [1.807, 2.05) is 41.1 Å². The zero-order chi connectivity index (χ0) is 12.5. The molecule has 4 nitrogen and oxygen atoms in total. The van der Waals surface area contributed by atoms with Crippen molar-refractivity contribution < 1.29 is 5.11 Å². The van der Waals surface area contributed by atoms with E-state index in [2.05, 4.69) is 4.98 Å². The van der Waals surface area contributed by atoms with Gasteiger partial charge in [0.2, 0.25) is 0 Å². The van der Waals surface area contributed by atoms with Gasteiger partial charge in [-0.1, -0.05) is 18.2 Å². The van der Waals surface area contributed by atoms with Crippen molar-refractivity contribution in [2.45, 2.75) is 6.42 Å². The van der Waals surface area contributed by atoms with E-state index in [4.69, 9.17) is 5.73 Å². The summed E-state index contributed by atoms with van der Waals surface area (Å²) in [6, 6.07) is 11.0. The summed E-state index contributed by atoms with van der Waals surface area (Å²) in [7, 11) is 0. The fourth-order valence-electron chi connectivity index (χ4n) is 2.03. The number of aromatic nitrogens is 2. The van der Waals surface area contributed by atoms with Crippen LogP contribution in [-0.4, -0.2) is 14.5 Å². The second-order valence-corrected chi connectivity index (χ2v) is 4.23. The van der Waals surface area contributed by atoms with Crippen molar-refractivity contribution in [2.75, 3.05) is 5.73 Å². The predicted molar refractivity (Wildman–Crippen MR) is 70.5 cm³/mol. The molecule has 2 heterocycles. The lowest BCUT2D eigenvalue weighted by atomic mass is 10.1. The first kappa shape index (κ1) is 10.7. The van der Waals surface area contributed by atoms with Gasteiger partial charge in [-0.3, -0.25) is 0 Å². The van der Waals surface area contributed by atoms with E-state index in [9.17, 15) is 5.11 Å². The summed E-state index contributed by atoms with van der Waals surface area (Å²) in [5.74, 6) is 0.294. The number of hydrogen-bond acceptors (Lipinski definition) is 3. The molecule has 1 aromatic carbocycles. The molecule has 3 N–H and O–H groups in total. The van der Waals surface area contributed by atoms with Crippen molar-refractivity contribution in [1.82, 2.24) is 9.38 Å². The van der Waals surface area contributed by atoms with E-state index in [1.54, 1.807) is 12.1 Å². The van der Waals surface area contributed by atoms with Crippen LogP contribution in [0.1, 0.15) is 11.3 Å². The SMILES string of the molecule is Nc1cccn2cc(Cc3ccccc3O)nc12. The number of rotatable bonds is 2. The molecule has 2 aromatic heterocycles. The van der Waals surface area contributed by atoms with E-state index in [0.29, 0.717) is 17.9 Å². The van der Waals surface area contributed by atoms with Crippen LogP contribution in [0.5, 0.6) is 5.75 Å². The fourth-order valence-corrected chi connectivity index (χ4v) is 2.03. The van der Waals surface area contributed by atoms with E-state index in [0.717, 1.165) is 16.9 Å². The minimum absolute atomic E-state index is 0.294. The Morgan fingerprint density at radius 2 is 2.00 bits per heavy atom. The number of nitrogen functional groups attached to an aromatic ring is 1. The Hall–Kier alpha value is -2.49. The Morgan fingerprint density at radius 1 is 1.17 bits per heavy atom. The molecular formula is C14H13N3O. The number of anilines is 1. The van der Waals surface area contributed by atoms with Gasteiger partial charge in [-0.25, -0.2) is 4.98 Å². The molecule has 0 bridgehead atoms. The molecule has 0 fully saturated rings. The standard InChI is InChI=1S/C14H13N3O/c15-12-5-3-7-17-9-11(16-14(12)17)8-10-4-1-2-6-13(10)18/h1-7,9,18H,8,15H2. The van der Waals surface area contributed by atoms with Gasteiger partial charge in [-0.05, 0) is 23.8 Å². The molecular weight excluding hydrogens is 226 g/mol. The number of phenols is 1. The van der Waals surface area contributed by atoms with E-state index in [-0.39, 0.29) is 0 Å². The van der Waals surface area contributed by atoms with Crippen LogP contribution in [0.3, 0.4) is 0 Å². The van der Waals surface area contributed by atoms with Crippen LogP contribution in [0.15, 0.2) is 48.8 Å². The van der Waals surface area contributed by atoms with Crippen LogP contribution < -0.4 is 5.73 Å². The lowest BCUT2D eigenvalue weighted by Gasteiger charge is -2.00. The minimum atomic E-state index is 0.294. The third kappa shape index (κ3) is 1.78. The Balaban J connectivity index is 2.01. The van der Waals surface area contributed by atoms with Crippen molar-refractivity contribution in [2.24, 2.45) is 0 Å². The molecule has 0 saturated carbocycles. The molecule has 3 rings (SSSR count). The normalized spacial score (nSPS) is 10.9. The Bertz CT molecular complexity index is 703. The van der Waals surface area contributed by atoms with Crippen LogP contribution in [0.2, 0.25) is 0 Å². The summed E-state index contributed by atoms with van der Waals surface area (Å²) in [6.45, 7) is 0. The van der Waals surface area contributed by atoms with Gasteiger partial charge in [-0.2, -0.15) is 0 Å². The first-order valence-electron chi connectivity index (χ1n) is 5.73. The highest BCUT2D eigenvalue weighted by Crippen LogP contribution is 2.20. The van der Waals surface area contributed by atoms with E-state index < -0.39 is 0 Å². The van der Waals surface area contributed by atoms with Crippen molar-refractivity contribution in [3.63, 3.8) is 0 Å². The molecule has 0 spiro atoms. The zero-order valence-electron chi connectivity index (χ0n) is 9.74. The van der Waals surface area contributed by atoms with Gasteiger partial charge in [-0.15, -0.1) is 0 Å². The number of para-hydroxylation sites is 1. The third-order valence-electron chi connectivity index (χ3n) is 2.93. The van der Waals surface area contributed by atoms with Gasteiger partial charge in [0.15, 0.2) is 5.65 Å². The summed E-state index contributed by atoms with van der Waals surface area (Å²) >= 11 is 0. The highest BCUT2D eigenvalue weighted by molar-refractivity contribution is 5.64. The van der Waals surface area contributed by atoms with Crippen molar-refractivity contribution in [3.05, 3.63) is 60.0 Å². The van der Waals surface area contributed by atoms with Gasteiger partial charge in [0.05, 0.1) is 11.4 Å². The quantitative estimate of drug-likeness (QED) is 0.720. The zero-order valence-corrected chi connectivity index (χ0v) is 9.74. The van der Waals surface area contributed by atoms with Crippen LogP contribution in [-0.2, 0) is 6.42 Å². The fraction of sp³-hybridized carbons (Fsp3) is 0.0714. The number of benzene rings is 1. The maximum atomic E-state index is 9.74. The lowest BCUT2D eigenvalue weighted by molar-refractivity contribution is 0.469. The molecule has 0 radical (unpaired) electrons. The Morgan fingerprint density at radius 3 is 2.78 bits per heavy atom. The Kier molecular flexibility index (Phi) is 2.41. The highest BCUT2D eigenvalue weighted by Gasteiger charge is 2.07. The summed E-state index contributed by atoms with van der Waals surface area (Å²) in [5, 5.41) is 9.74. The Labute approximate surface area is 104 Å². The smallest absolute Gasteiger partial charge is 0.160 e. The van der Waals surface area contributed by atoms with Crippen molar-refractivity contribution >= 4 is 11.3 Å². The first-order valence-corrected chi connectivity index (χ1v) is 5.73. The molecule has 4 heteroatoms. The lowest BCUT2D eigenvalue weighted by Crippen LogP contribution is -1.90. The number of pyridine rings is 1. The van der Waals surface area contributed by atoms with E-state index in [1.165, 1.54) is 0 Å². The monoisotopic (exact) mass is 239 g/mol. The van der Waals surface area contributed by atoms with Crippen LogP contribution >= 0.6 is 0 Å². The van der Waals surface area contributed by atoms with Crippen LogP contribution in [0, 0.1) is 0 Å². The molecule has 0 aliphatic heterocycles. The van der Waals surface area contributed by atoms with Gasteiger partial charge in [0, 0.05) is 18.8 Å². The van der Waals surface area contributed by atoms with Crippen LogP contribution in [0.4, 0.5) is 5.69 Å². The number of nitrogens with two attached hydrogens (primary N) is 1. The number of imidazole rings is 1. The number of aromatic hydroxyl groups is 1. The van der Waals surface area contributed by atoms with Gasteiger partial charge < -0.3 is 15.2 Å². The first-order chi connectivity index (χ1) is 8.74. The predicted octanol–water partition coefficient (Wildman–Crippen LogP) is 2.21. The average Bonchev–Trinajstić information content (AvgIpc) is 2.76. The van der Waals surface area contributed by atoms with Gasteiger partial charge >= 0.3 is 0 Å². The molecule has 3 aromatic rings. The summed E-state index contributed by atoms with van der Waals surface area (Å²) < 4.78 is 1.89. The molecule has 90 valence electrons. The summed E-state index contributed by atoms with van der Waals surface area (Å²) in [6.07, 6.45) is 4.43. The second kappa shape index (κ2) is 4.07. The molecule has 0 saturated heterocycles. The van der Waals surface area contributed by atoms with Crippen molar-refractivity contribution in [1.29, 1.82) is 0 Å². The van der Waals surface area contributed by atoms with Crippen LogP contribution in [0.25, 0.3) is 5.65 Å². The molecule has 0 aliphatic rings. The topological polar surface area (TPSA) is 63.5 Å². The maximum absolute atomic E-state index is 9.74. The minimum Gasteiger partial charge on any atom is -0.508 e. The van der Waals surface area contributed by atoms with Gasteiger partial charge in [0.25, 0.3) is 0 Å². The maximum Gasteiger partial charge on any atom is 0.160 e. The van der Waals surface area contributed by atoms with E-state index >= 15 is 0 Å². The highest BCUT2D eigenvalue weighted by atomic mass is 16.3. The molecule has 0 amide bonds. The molecule has 0 unspecified atom stereocenters. The summed E-state index contributed by atoms with van der Waals surface area (Å²) in [4.78, 5) is 4.48. The number of hydrogen-bond donors (Lipinski definition) is 2. The number of nitrogens with zero attached hydrogens (tertiary/aromatic N) is 2. The molecule has 0 aliphatic carbocycles. The largest absolute Gasteiger partial charge is 0.508 e. The summed E-state index contributed by atoms with van der Waals surface area (Å²) in [5.41, 5.74) is 9.01. The van der Waals surface area contributed by atoms with Crippen molar-refractivity contribution in [3.8, 4) is 5.75 Å². The molecule has 18 heavy (non-hydrogen) atoms.